The molecule has 178 valence electrons. The van der Waals surface area contributed by atoms with Crippen molar-refractivity contribution in [3.63, 3.8) is 0 Å². The molecule has 0 radical (unpaired) electrons. The topological polar surface area (TPSA) is 12.5 Å². The van der Waals surface area contributed by atoms with Crippen molar-refractivity contribution in [3.8, 4) is 0 Å². The van der Waals surface area contributed by atoms with Crippen LogP contribution >= 0.6 is 0 Å². The van der Waals surface area contributed by atoms with E-state index in [0.717, 1.165) is 25.0 Å². The van der Waals surface area contributed by atoms with Crippen LogP contribution in [0.3, 0.4) is 0 Å². The first kappa shape index (κ1) is 24.4. The fourth-order valence-electron chi connectivity index (χ4n) is 6.45. The second-order valence-corrected chi connectivity index (χ2v) is 15.3. The lowest BCUT2D eigenvalue weighted by molar-refractivity contribution is 0.0951. The molecule has 0 spiro atoms. The second kappa shape index (κ2) is 10.7. The predicted molar refractivity (Wildman–Crippen MR) is 144 cm³/mol. The first-order chi connectivity index (χ1) is 16.0. The smallest absolute Gasteiger partial charge is 0.261 e. The Hall–Kier alpha value is -1.68. The molecule has 4 rings (SSSR count). The molecule has 2 heterocycles. The van der Waals surface area contributed by atoms with Gasteiger partial charge in [-0.25, -0.2) is 0 Å². The monoisotopic (exact) mass is 461 g/mol. The molecule has 2 fully saturated rings. The molecular formula is C30H43NOSi. The molecule has 0 saturated carbocycles. The molecular weight excluding hydrogens is 418 g/mol. The van der Waals surface area contributed by atoms with Crippen LogP contribution in [0.4, 0.5) is 0 Å². The highest BCUT2D eigenvalue weighted by atomic mass is 28.4. The minimum Gasteiger partial charge on any atom is -0.407 e. The molecule has 0 bridgehead atoms. The zero-order chi connectivity index (χ0) is 23.3. The van der Waals surface area contributed by atoms with E-state index in [4.69, 9.17) is 4.43 Å². The zero-order valence-electron chi connectivity index (χ0n) is 21.2. The molecule has 2 aliphatic rings. The summed E-state index contributed by atoms with van der Waals surface area (Å²) in [6, 6.07) is 23.4. The highest BCUT2D eigenvalue weighted by Gasteiger charge is 2.49. The number of piperidine rings is 1. The molecule has 33 heavy (non-hydrogen) atoms. The van der Waals surface area contributed by atoms with Gasteiger partial charge in [0.25, 0.3) is 8.32 Å². The third-order valence-corrected chi connectivity index (χ3v) is 13.1. The number of hydrogen-bond donors (Lipinski definition) is 0. The van der Waals surface area contributed by atoms with E-state index in [1.807, 2.05) is 0 Å². The normalized spacial score (nSPS) is 24.3. The van der Waals surface area contributed by atoms with Crippen LogP contribution in [0.15, 0.2) is 72.8 Å². The lowest BCUT2D eigenvalue weighted by Gasteiger charge is -2.43. The lowest BCUT2D eigenvalue weighted by atomic mass is 9.84. The molecule has 3 heteroatoms. The van der Waals surface area contributed by atoms with Gasteiger partial charge in [0.1, 0.15) is 0 Å². The molecule has 2 aliphatic heterocycles. The van der Waals surface area contributed by atoms with Crippen LogP contribution in [-0.4, -0.2) is 38.5 Å². The molecule has 0 unspecified atom stereocenters. The third kappa shape index (κ3) is 5.06. The van der Waals surface area contributed by atoms with Gasteiger partial charge in [0.15, 0.2) is 0 Å². The molecule has 2 saturated heterocycles. The summed E-state index contributed by atoms with van der Waals surface area (Å²) in [6.45, 7) is 11.5. The summed E-state index contributed by atoms with van der Waals surface area (Å²) in [7, 11) is -2.42. The Morgan fingerprint density at radius 2 is 1.58 bits per heavy atom. The Labute approximate surface area is 203 Å². The van der Waals surface area contributed by atoms with Gasteiger partial charge in [0.05, 0.1) is 0 Å². The Kier molecular flexibility index (Phi) is 7.93. The molecule has 0 amide bonds. The molecule has 0 aliphatic carbocycles. The summed E-state index contributed by atoms with van der Waals surface area (Å²) in [6.07, 6.45) is 12.7. The highest BCUT2D eigenvalue weighted by Crippen LogP contribution is 2.38. The summed E-state index contributed by atoms with van der Waals surface area (Å²) in [5.74, 6) is 0.913. The van der Waals surface area contributed by atoms with Gasteiger partial charge in [-0.15, -0.1) is 0 Å². The molecule has 0 aromatic heterocycles. The number of fused-ring (bicyclic) bond motifs is 1. The quantitative estimate of drug-likeness (QED) is 0.265. The van der Waals surface area contributed by atoms with Gasteiger partial charge in [0, 0.05) is 18.7 Å². The molecule has 2 nitrogen and oxygen atoms in total. The molecule has 0 N–H and O–H groups in total. The number of nitrogens with zero attached hydrogens (tertiary/aromatic N) is 1. The van der Waals surface area contributed by atoms with Crippen molar-refractivity contribution in [2.24, 2.45) is 5.92 Å². The van der Waals surface area contributed by atoms with Crippen LogP contribution in [0.2, 0.25) is 5.04 Å². The van der Waals surface area contributed by atoms with Gasteiger partial charge in [-0.05, 0) is 60.0 Å². The lowest BCUT2D eigenvalue weighted by Crippen LogP contribution is -2.66. The van der Waals surface area contributed by atoms with Crippen molar-refractivity contribution >= 4 is 18.7 Å². The van der Waals surface area contributed by atoms with E-state index in [1.165, 1.54) is 49.0 Å². The molecule has 3 atom stereocenters. The van der Waals surface area contributed by atoms with Gasteiger partial charge in [-0.2, -0.15) is 0 Å². The van der Waals surface area contributed by atoms with E-state index in [-0.39, 0.29) is 5.04 Å². The predicted octanol–water partition coefficient (Wildman–Crippen LogP) is 6.16. The molecule has 2 aromatic rings. The van der Waals surface area contributed by atoms with E-state index >= 15 is 0 Å². The number of hydrogen-bond acceptors (Lipinski definition) is 2. The maximum absolute atomic E-state index is 7.05. The fraction of sp³-hybridized carbons (Fsp3) is 0.533. The standard InChI is InChI=1S/C30H43NOSi/c1-5-25-21-22-26(31-23-14-20-29(25)31)15-12-13-24-32-33(30(2,3)4,27-16-8-6-9-17-27)28-18-10-7-11-19-28/h6-12,15-19,25-26,29H,5,13-14,20-24H2,1-4H3/b15-12+/t25-,26-,29+/m1/s1. The highest BCUT2D eigenvalue weighted by molar-refractivity contribution is 6.99. The van der Waals surface area contributed by atoms with Crippen molar-refractivity contribution in [2.75, 3.05) is 13.2 Å². The summed E-state index contributed by atoms with van der Waals surface area (Å²) < 4.78 is 7.05. The van der Waals surface area contributed by atoms with E-state index in [2.05, 4.69) is 105 Å². The summed E-state index contributed by atoms with van der Waals surface area (Å²) in [4.78, 5) is 2.80. The Balaban J connectivity index is 1.48. The van der Waals surface area contributed by atoms with E-state index in [1.54, 1.807) is 0 Å². The second-order valence-electron chi connectivity index (χ2n) is 11.0. The summed E-state index contributed by atoms with van der Waals surface area (Å²) in [5.41, 5.74) is 0. The number of benzene rings is 2. The van der Waals surface area contributed by atoms with Crippen molar-refractivity contribution in [1.82, 2.24) is 4.90 Å². The molecule has 2 aromatic carbocycles. The van der Waals surface area contributed by atoms with Crippen LogP contribution in [0.5, 0.6) is 0 Å². The van der Waals surface area contributed by atoms with Crippen LogP contribution < -0.4 is 10.4 Å². The average Bonchev–Trinajstić information content (AvgIpc) is 3.32. The van der Waals surface area contributed by atoms with Crippen LogP contribution in [0.1, 0.15) is 66.2 Å². The first-order valence-corrected chi connectivity index (χ1v) is 15.1. The minimum atomic E-state index is -2.42. The van der Waals surface area contributed by atoms with Gasteiger partial charge in [0.2, 0.25) is 0 Å². The maximum atomic E-state index is 7.05. The SMILES string of the molecule is CC[C@@H]1CC[C@@H](/C=C/CCO[Si](c2ccccc2)(c2ccccc2)C(C)(C)C)N2CCC[C@@H]12. The van der Waals surface area contributed by atoms with Crippen LogP contribution in [-0.2, 0) is 4.43 Å². The van der Waals surface area contributed by atoms with Crippen molar-refractivity contribution < 1.29 is 4.43 Å². The number of rotatable bonds is 8. The van der Waals surface area contributed by atoms with E-state index in [9.17, 15) is 0 Å². The van der Waals surface area contributed by atoms with Crippen molar-refractivity contribution in [1.29, 1.82) is 0 Å². The van der Waals surface area contributed by atoms with Crippen molar-refractivity contribution in [2.45, 2.75) is 83.3 Å². The Morgan fingerprint density at radius 3 is 2.15 bits per heavy atom. The first-order valence-electron chi connectivity index (χ1n) is 13.1. The van der Waals surface area contributed by atoms with Gasteiger partial charge < -0.3 is 4.43 Å². The van der Waals surface area contributed by atoms with Crippen LogP contribution in [0, 0.1) is 5.92 Å². The fourth-order valence-corrected chi connectivity index (χ4v) is 11.0. The van der Waals surface area contributed by atoms with E-state index < -0.39 is 8.32 Å². The largest absolute Gasteiger partial charge is 0.407 e. The van der Waals surface area contributed by atoms with Gasteiger partial charge in [-0.3, -0.25) is 4.90 Å². The van der Waals surface area contributed by atoms with Crippen molar-refractivity contribution in [3.05, 3.63) is 72.8 Å². The average molecular weight is 462 g/mol. The Morgan fingerprint density at radius 1 is 0.939 bits per heavy atom. The zero-order valence-corrected chi connectivity index (χ0v) is 22.2. The van der Waals surface area contributed by atoms with E-state index in [0.29, 0.717) is 6.04 Å². The van der Waals surface area contributed by atoms with Gasteiger partial charge >= 0.3 is 0 Å². The minimum absolute atomic E-state index is 0.0424. The Bertz CT molecular complexity index is 849. The van der Waals surface area contributed by atoms with Gasteiger partial charge in [-0.1, -0.05) is 107 Å². The maximum Gasteiger partial charge on any atom is 0.261 e. The summed E-state index contributed by atoms with van der Waals surface area (Å²) >= 11 is 0. The summed E-state index contributed by atoms with van der Waals surface area (Å²) in [5, 5.41) is 2.77. The third-order valence-electron chi connectivity index (χ3n) is 8.05. The van der Waals surface area contributed by atoms with Crippen LogP contribution in [0.25, 0.3) is 0 Å².